The molecule has 0 bridgehead atoms. The number of carbonyl (C=O) groups excluding carboxylic acids is 1. The van der Waals surface area contributed by atoms with Gasteiger partial charge in [0.05, 0.1) is 7.11 Å². The number of aliphatic hydroxyl groups excluding tert-OH is 1. The Morgan fingerprint density at radius 2 is 2.35 bits per heavy atom. The number of aliphatic hydroxyl groups is 1. The summed E-state index contributed by atoms with van der Waals surface area (Å²) in [5.41, 5.74) is -0.374. The maximum absolute atomic E-state index is 12.1. The summed E-state index contributed by atoms with van der Waals surface area (Å²) in [4.78, 5) is 12.6. The van der Waals surface area contributed by atoms with E-state index in [2.05, 4.69) is 5.32 Å². The monoisotopic (exact) mass is 257 g/mol. The Morgan fingerprint density at radius 3 is 2.88 bits per heavy atom. The highest BCUT2D eigenvalue weighted by atomic mass is 32.1. The normalized spacial score (nSPS) is 14.1. The second-order valence-corrected chi connectivity index (χ2v) is 5.08. The van der Waals surface area contributed by atoms with Crippen LogP contribution in [0.25, 0.3) is 0 Å². The van der Waals surface area contributed by atoms with Gasteiger partial charge in [0.2, 0.25) is 0 Å². The van der Waals surface area contributed by atoms with Crippen LogP contribution in [0.15, 0.2) is 11.4 Å². The Balaban J connectivity index is 2.77. The number of ether oxygens (including phenoxy) is 1. The van der Waals surface area contributed by atoms with Crippen LogP contribution in [0, 0.1) is 0 Å². The largest absolute Gasteiger partial charge is 0.495 e. The molecular weight excluding hydrogens is 238 g/mol. The molecule has 1 aromatic rings. The summed E-state index contributed by atoms with van der Waals surface area (Å²) in [6, 6.07) is 1.77. The number of methoxy groups -OCH3 is 1. The lowest BCUT2D eigenvalue weighted by molar-refractivity contribution is 0.0887. The average Bonchev–Trinajstić information content (AvgIpc) is 2.77. The minimum absolute atomic E-state index is 0.0617. The Morgan fingerprint density at radius 1 is 1.65 bits per heavy atom. The van der Waals surface area contributed by atoms with Crippen molar-refractivity contribution in [1.29, 1.82) is 0 Å². The van der Waals surface area contributed by atoms with Crippen LogP contribution in [-0.2, 0) is 0 Å². The fourth-order valence-electron chi connectivity index (χ4n) is 1.53. The Kier molecular flexibility index (Phi) is 4.96. The summed E-state index contributed by atoms with van der Waals surface area (Å²) in [5, 5.41) is 13.8. The molecule has 17 heavy (non-hydrogen) atoms. The lowest BCUT2D eigenvalue weighted by atomic mass is 9.95. The van der Waals surface area contributed by atoms with E-state index in [1.54, 1.807) is 13.2 Å². The van der Waals surface area contributed by atoms with Gasteiger partial charge in [-0.15, -0.1) is 11.3 Å². The Labute approximate surface area is 106 Å². The van der Waals surface area contributed by atoms with Gasteiger partial charge in [0.1, 0.15) is 10.6 Å². The van der Waals surface area contributed by atoms with Crippen molar-refractivity contribution in [3.8, 4) is 5.75 Å². The topological polar surface area (TPSA) is 58.6 Å². The average molecular weight is 257 g/mol. The van der Waals surface area contributed by atoms with Crippen LogP contribution in [0.3, 0.4) is 0 Å². The molecule has 0 aliphatic rings. The molecule has 5 heteroatoms. The van der Waals surface area contributed by atoms with Crippen LogP contribution in [0.4, 0.5) is 0 Å². The Bertz CT molecular complexity index is 378. The van der Waals surface area contributed by atoms with Gasteiger partial charge in [-0.05, 0) is 31.2 Å². The van der Waals surface area contributed by atoms with E-state index >= 15 is 0 Å². The summed E-state index contributed by atoms with van der Waals surface area (Å²) < 4.78 is 5.11. The fourth-order valence-corrected chi connectivity index (χ4v) is 2.28. The molecule has 2 N–H and O–H groups in total. The van der Waals surface area contributed by atoms with Crippen molar-refractivity contribution in [3.05, 3.63) is 16.3 Å². The first-order valence-corrected chi connectivity index (χ1v) is 6.49. The van der Waals surface area contributed by atoms with Gasteiger partial charge in [-0.25, -0.2) is 0 Å². The van der Waals surface area contributed by atoms with Gasteiger partial charge in [-0.3, -0.25) is 4.79 Å². The molecule has 1 heterocycles. The number of amides is 1. The summed E-state index contributed by atoms with van der Waals surface area (Å²) in [5.74, 6) is 0.449. The van der Waals surface area contributed by atoms with Gasteiger partial charge in [0, 0.05) is 12.1 Å². The third-order valence-corrected chi connectivity index (χ3v) is 3.81. The van der Waals surface area contributed by atoms with Crippen LogP contribution >= 0.6 is 11.3 Å². The fraction of sp³-hybridized carbons (Fsp3) is 0.583. The molecule has 0 aliphatic heterocycles. The van der Waals surface area contributed by atoms with Crippen molar-refractivity contribution in [2.45, 2.75) is 32.2 Å². The molecule has 1 atom stereocenters. The molecule has 0 unspecified atom stereocenters. The lowest BCUT2D eigenvalue weighted by Crippen LogP contribution is -2.46. The summed E-state index contributed by atoms with van der Waals surface area (Å²) in [6.07, 6.45) is 1.32. The molecule has 0 saturated heterocycles. The minimum atomic E-state index is -0.374. The Hall–Kier alpha value is -1.07. The number of rotatable bonds is 6. The molecule has 96 valence electrons. The molecule has 0 fully saturated rings. The molecular formula is C12H19NO3S. The second kappa shape index (κ2) is 6.02. The summed E-state index contributed by atoms with van der Waals surface area (Å²) >= 11 is 1.35. The predicted octanol–water partition coefficient (Wildman–Crippen LogP) is 2.04. The third-order valence-electron chi connectivity index (χ3n) is 2.91. The number of thiophene rings is 1. The molecule has 0 radical (unpaired) electrons. The summed E-state index contributed by atoms with van der Waals surface area (Å²) in [6.45, 7) is 3.98. The standard InChI is InChI=1S/C12H19NO3S/c1-4-12(2,6-7-14)13-11(15)10-9(16-3)5-8-17-10/h5,8,14H,4,6-7H2,1-3H3,(H,13,15)/t12-/m1/s1. The van der Waals surface area contributed by atoms with Crippen LogP contribution in [0.1, 0.15) is 36.4 Å². The van der Waals surface area contributed by atoms with Gasteiger partial charge >= 0.3 is 0 Å². The van der Waals surface area contributed by atoms with Gasteiger partial charge < -0.3 is 15.2 Å². The van der Waals surface area contributed by atoms with Crippen molar-refractivity contribution in [2.75, 3.05) is 13.7 Å². The van der Waals surface area contributed by atoms with Gasteiger partial charge in [-0.2, -0.15) is 0 Å². The van der Waals surface area contributed by atoms with Crippen LogP contribution in [0.5, 0.6) is 5.75 Å². The SMILES string of the molecule is CC[C@](C)(CCO)NC(=O)c1sccc1OC. The van der Waals surface area contributed by atoms with E-state index in [1.165, 1.54) is 11.3 Å². The highest BCUT2D eigenvalue weighted by molar-refractivity contribution is 7.12. The first-order valence-electron chi connectivity index (χ1n) is 5.61. The minimum Gasteiger partial charge on any atom is -0.495 e. The zero-order valence-corrected chi connectivity index (χ0v) is 11.3. The molecule has 0 spiro atoms. The van der Waals surface area contributed by atoms with Gasteiger partial charge in [0.15, 0.2) is 0 Å². The van der Waals surface area contributed by atoms with E-state index in [0.717, 1.165) is 6.42 Å². The number of hydrogen-bond donors (Lipinski definition) is 2. The van der Waals surface area contributed by atoms with E-state index in [-0.39, 0.29) is 18.1 Å². The van der Waals surface area contributed by atoms with Crippen molar-refractivity contribution < 1.29 is 14.6 Å². The van der Waals surface area contributed by atoms with Crippen molar-refractivity contribution in [2.24, 2.45) is 0 Å². The summed E-state index contributed by atoms with van der Waals surface area (Å²) in [7, 11) is 1.55. The lowest BCUT2D eigenvalue weighted by Gasteiger charge is -2.28. The molecule has 0 aromatic carbocycles. The first kappa shape index (κ1) is 14.0. The number of carbonyl (C=O) groups is 1. The zero-order chi connectivity index (χ0) is 12.9. The van der Waals surface area contributed by atoms with E-state index in [1.807, 2.05) is 19.2 Å². The molecule has 4 nitrogen and oxygen atoms in total. The predicted molar refractivity (Wildman–Crippen MR) is 68.7 cm³/mol. The molecule has 1 aromatic heterocycles. The van der Waals surface area contributed by atoms with Gasteiger partial charge in [-0.1, -0.05) is 6.92 Å². The number of nitrogens with one attached hydrogen (secondary N) is 1. The second-order valence-electron chi connectivity index (χ2n) is 4.16. The maximum Gasteiger partial charge on any atom is 0.265 e. The van der Waals surface area contributed by atoms with E-state index < -0.39 is 0 Å². The van der Waals surface area contributed by atoms with Gasteiger partial charge in [0.25, 0.3) is 5.91 Å². The zero-order valence-electron chi connectivity index (χ0n) is 10.4. The van der Waals surface area contributed by atoms with Crippen LogP contribution < -0.4 is 10.1 Å². The highest BCUT2D eigenvalue weighted by Crippen LogP contribution is 2.25. The van der Waals surface area contributed by atoms with E-state index in [4.69, 9.17) is 9.84 Å². The van der Waals surface area contributed by atoms with Crippen molar-refractivity contribution >= 4 is 17.2 Å². The third kappa shape index (κ3) is 3.44. The van der Waals surface area contributed by atoms with Crippen LogP contribution in [0.2, 0.25) is 0 Å². The van der Waals surface area contributed by atoms with E-state index in [9.17, 15) is 4.79 Å². The molecule has 1 rings (SSSR count). The number of hydrogen-bond acceptors (Lipinski definition) is 4. The van der Waals surface area contributed by atoms with E-state index in [0.29, 0.717) is 17.0 Å². The molecule has 0 saturated carbocycles. The van der Waals surface area contributed by atoms with Crippen molar-refractivity contribution in [3.63, 3.8) is 0 Å². The quantitative estimate of drug-likeness (QED) is 0.820. The first-order chi connectivity index (χ1) is 8.06. The van der Waals surface area contributed by atoms with Crippen LogP contribution in [-0.4, -0.2) is 30.3 Å². The smallest absolute Gasteiger partial charge is 0.265 e. The highest BCUT2D eigenvalue weighted by Gasteiger charge is 2.26. The molecule has 1 amide bonds. The maximum atomic E-state index is 12.1. The molecule has 0 aliphatic carbocycles. The van der Waals surface area contributed by atoms with Crippen molar-refractivity contribution in [1.82, 2.24) is 5.32 Å².